The van der Waals surface area contributed by atoms with E-state index in [1.807, 2.05) is 0 Å². The number of benzene rings is 2. The molecule has 0 radical (unpaired) electrons. The van der Waals surface area contributed by atoms with Gasteiger partial charge in [-0.15, -0.1) is 9.24 Å². The third-order valence-corrected chi connectivity index (χ3v) is 4.18. The zero-order valence-electron chi connectivity index (χ0n) is 10.4. The second kappa shape index (κ2) is 4.97. The average Bonchev–Trinajstić information content (AvgIpc) is 2.27. The van der Waals surface area contributed by atoms with E-state index in [2.05, 4.69) is 71.1 Å². The summed E-state index contributed by atoms with van der Waals surface area (Å²) in [7, 11) is 2.80. The van der Waals surface area contributed by atoms with Crippen LogP contribution in [0.4, 0.5) is 0 Å². The molecule has 17 heavy (non-hydrogen) atoms. The molecule has 90 valence electrons. The lowest BCUT2D eigenvalue weighted by Crippen LogP contribution is -2.29. The summed E-state index contributed by atoms with van der Waals surface area (Å²) >= 11 is 1.71. The largest absolute Gasteiger partial charge is 0.255 e. The van der Waals surface area contributed by atoms with Crippen LogP contribution >= 0.6 is 21.2 Å². The average molecular weight is 263 g/mol. The second-order valence-electron chi connectivity index (χ2n) is 5.15. The summed E-state index contributed by atoms with van der Waals surface area (Å²) in [6.07, 6.45) is 0. The van der Waals surface area contributed by atoms with Gasteiger partial charge in [-0.2, -0.15) is 0 Å². The summed E-state index contributed by atoms with van der Waals surface area (Å²) in [5.74, 6) is 0. The van der Waals surface area contributed by atoms with Gasteiger partial charge in [0.1, 0.15) is 0 Å². The number of rotatable bonds is 2. The van der Waals surface area contributed by atoms with Crippen LogP contribution in [0.5, 0.6) is 0 Å². The summed E-state index contributed by atoms with van der Waals surface area (Å²) < 4.78 is 3.46. The van der Waals surface area contributed by atoms with Gasteiger partial charge in [-0.05, 0) is 54.9 Å². The molecule has 0 aliphatic rings. The van der Waals surface area contributed by atoms with E-state index in [1.165, 1.54) is 21.0 Å². The van der Waals surface area contributed by atoms with Gasteiger partial charge in [0.25, 0.3) is 0 Å². The predicted molar refractivity (Wildman–Crippen MR) is 82.0 cm³/mol. The first-order chi connectivity index (χ1) is 7.97. The summed E-state index contributed by atoms with van der Waals surface area (Å²) in [5, 5.41) is 3.86. The van der Waals surface area contributed by atoms with Gasteiger partial charge in [0.15, 0.2) is 0 Å². The Labute approximate surface area is 110 Å². The van der Waals surface area contributed by atoms with E-state index >= 15 is 0 Å². The Morgan fingerprint density at radius 3 is 2.29 bits per heavy atom. The molecule has 2 rings (SSSR count). The molecule has 0 bridgehead atoms. The third kappa shape index (κ3) is 3.22. The van der Waals surface area contributed by atoms with Crippen molar-refractivity contribution in [1.82, 2.24) is 4.72 Å². The summed E-state index contributed by atoms with van der Waals surface area (Å²) in [5.41, 5.74) is 0.116. The maximum Gasteiger partial charge on any atom is 0.0307 e. The first-order valence-corrected chi connectivity index (χ1v) is 7.08. The van der Waals surface area contributed by atoms with Crippen LogP contribution in [0.25, 0.3) is 10.8 Å². The lowest BCUT2D eigenvalue weighted by Gasteiger charge is -2.20. The zero-order valence-corrected chi connectivity index (χ0v) is 12.4. The van der Waals surface area contributed by atoms with E-state index in [-0.39, 0.29) is 5.54 Å². The minimum Gasteiger partial charge on any atom is -0.255 e. The Balaban J connectivity index is 2.38. The van der Waals surface area contributed by atoms with Gasteiger partial charge in [-0.3, -0.25) is 4.72 Å². The molecule has 2 aromatic rings. The van der Waals surface area contributed by atoms with Crippen molar-refractivity contribution < 1.29 is 0 Å². The van der Waals surface area contributed by atoms with Gasteiger partial charge >= 0.3 is 0 Å². The summed E-state index contributed by atoms with van der Waals surface area (Å²) in [6.45, 7) is 6.52. The standard InChI is InChI=1S/C14H18NPS/c1-14(2,3)15-17-13-9-8-12(16)10-6-4-5-7-11(10)13/h4-9,15H,16H2,1-3H3. The molecule has 0 aromatic heterocycles. The third-order valence-electron chi connectivity index (χ3n) is 2.38. The molecule has 0 aliphatic heterocycles. The van der Waals surface area contributed by atoms with Gasteiger partial charge in [-0.1, -0.05) is 30.3 Å². The predicted octanol–water partition coefficient (Wildman–Crippen LogP) is 3.74. The molecule has 0 spiro atoms. The normalized spacial score (nSPS) is 12.0. The highest BCUT2D eigenvalue weighted by molar-refractivity contribution is 7.97. The smallest absolute Gasteiger partial charge is 0.0307 e. The molecule has 1 atom stereocenters. The molecule has 0 fully saturated rings. The van der Waals surface area contributed by atoms with Crippen LogP contribution in [0.15, 0.2) is 41.3 Å². The van der Waals surface area contributed by atoms with Crippen molar-refractivity contribution in [2.45, 2.75) is 31.2 Å². The van der Waals surface area contributed by atoms with E-state index in [0.29, 0.717) is 0 Å². The summed E-state index contributed by atoms with van der Waals surface area (Å²) in [4.78, 5) is 1.28. The minimum absolute atomic E-state index is 0.116. The minimum atomic E-state index is 0.116. The Morgan fingerprint density at radius 1 is 1.00 bits per heavy atom. The molecule has 0 aliphatic carbocycles. The Morgan fingerprint density at radius 2 is 1.65 bits per heavy atom. The second-order valence-corrected chi connectivity index (χ2v) is 6.62. The molecule has 1 unspecified atom stereocenters. The lowest BCUT2D eigenvalue weighted by atomic mass is 10.1. The van der Waals surface area contributed by atoms with Gasteiger partial charge in [0.2, 0.25) is 0 Å². The maximum absolute atomic E-state index is 3.46. The van der Waals surface area contributed by atoms with Crippen molar-refractivity contribution in [2.75, 3.05) is 0 Å². The zero-order chi connectivity index (χ0) is 12.5. The fourth-order valence-electron chi connectivity index (χ4n) is 1.59. The van der Waals surface area contributed by atoms with Gasteiger partial charge in [0.05, 0.1) is 0 Å². The van der Waals surface area contributed by atoms with Crippen LogP contribution in [0, 0.1) is 0 Å². The quantitative estimate of drug-likeness (QED) is 0.654. The molecular formula is C14H18NPS. The monoisotopic (exact) mass is 263 g/mol. The fourth-order valence-corrected chi connectivity index (χ4v) is 2.78. The summed E-state index contributed by atoms with van der Waals surface area (Å²) in [6, 6.07) is 12.8. The van der Waals surface area contributed by atoms with Crippen molar-refractivity contribution >= 4 is 37.3 Å². The van der Waals surface area contributed by atoms with Crippen molar-refractivity contribution in [1.29, 1.82) is 0 Å². The first-order valence-electron chi connectivity index (χ1n) is 5.68. The van der Waals surface area contributed by atoms with Crippen LogP contribution in [0.1, 0.15) is 20.8 Å². The van der Waals surface area contributed by atoms with Crippen LogP contribution in [0.3, 0.4) is 0 Å². The van der Waals surface area contributed by atoms with Gasteiger partial charge in [0, 0.05) is 10.4 Å². The number of nitrogens with one attached hydrogen (secondary N) is 1. The van der Waals surface area contributed by atoms with Gasteiger partial charge < -0.3 is 0 Å². The van der Waals surface area contributed by atoms with Gasteiger partial charge in [-0.25, -0.2) is 0 Å². The van der Waals surface area contributed by atoms with Crippen molar-refractivity contribution in [3.8, 4) is 0 Å². The molecule has 0 amide bonds. The SMILES string of the molecule is CC(C)(C)NSc1ccc(P)c2ccccc12. The van der Waals surface area contributed by atoms with Crippen LogP contribution in [-0.4, -0.2) is 5.54 Å². The van der Waals surface area contributed by atoms with Crippen LogP contribution < -0.4 is 10.0 Å². The Bertz CT molecular complexity index is 531. The fraction of sp³-hybridized carbons (Fsp3) is 0.286. The lowest BCUT2D eigenvalue weighted by molar-refractivity contribution is 0.535. The first kappa shape index (κ1) is 12.9. The maximum atomic E-state index is 3.46. The van der Waals surface area contributed by atoms with E-state index < -0.39 is 0 Å². The topological polar surface area (TPSA) is 12.0 Å². The van der Waals surface area contributed by atoms with Crippen molar-refractivity contribution in [3.63, 3.8) is 0 Å². The van der Waals surface area contributed by atoms with E-state index in [1.54, 1.807) is 11.9 Å². The molecule has 1 N–H and O–H groups in total. The molecule has 0 heterocycles. The number of fused-ring (bicyclic) bond motifs is 1. The van der Waals surface area contributed by atoms with E-state index in [4.69, 9.17) is 0 Å². The van der Waals surface area contributed by atoms with Crippen molar-refractivity contribution in [2.24, 2.45) is 0 Å². The highest BCUT2D eigenvalue weighted by Crippen LogP contribution is 2.27. The van der Waals surface area contributed by atoms with Crippen LogP contribution in [-0.2, 0) is 0 Å². The number of hydrogen-bond acceptors (Lipinski definition) is 2. The molecule has 2 aromatic carbocycles. The molecular weight excluding hydrogens is 245 g/mol. The highest BCUT2D eigenvalue weighted by Gasteiger charge is 2.11. The van der Waals surface area contributed by atoms with Crippen molar-refractivity contribution in [3.05, 3.63) is 36.4 Å². The Kier molecular flexibility index (Phi) is 3.77. The molecule has 1 nitrogen and oxygen atoms in total. The molecule has 3 heteroatoms. The number of hydrogen-bond donors (Lipinski definition) is 1. The molecule has 0 saturated heterocycles. The highest BCUT2D eigenvalue weighted by atomic mass is 32.2. The Hall–Kier alpha value is -0.560. The van der Waals surface area contributed by atoms with Crippen LogP contribution in [0.2, 0.25) is 0 Å². The van der Waals surface area contributed by atoms with E-state index in [9.17, 15) is 0 Å². The molecule has 0 saturated carbocycles. The van der Waals surface area contributed by atoms with E-state index in [0.717, 1.165) is 0 Å².